The van der Waals surface area contributed by atoms with Gasteiger partial charge in [-0.15, -0.1) is 12.6 Å². The van der Waals surface area contributed by atoms with Gasteiger partial charge in [0.15, 0.2) is 0 Å². The summed E-state index contributed by atoms with van der Waals surface area (Å²) in [5.41, 5.74) is 7.42. The maximum atomic E-state index is 5.89. The standard InChI is InChI=1S/C15H17N3OS/c1-11(20)15(16)12-9-14(18-10-12)17-7-8-19-13-5-3-2-4-6-13/h2-7,9-10,18,20H,8,16H2,1H3/b15-11-,17-7?. The van der Waals surface area contributed by atoms with Crippen molar-refractivity contribution in [3.8, 4) is 5.75 Å². The molecule has 1 aromatic heterocycles. The Bertz CT molecular complexity index is 613. The number of nitrogens with one attached hydrogen (secondary N) is 1. The summed E-state index contributed by atoms with van der Waals surface area (Å²) in [6.45, 7) is 2.26. The minimum absolute atomic E-state index is 0.412. The predicted octanol–water partition coefficient (Wildman–Crippen LogP) is 3.37. The van der Waals surface area contributed by atoms with Crippen LogP contribution in [0.25, 0.3) is 5.70 Å². The van der Waals surface area contributed by atoms with Crippen molar-refractivity contribution in [2.75, 3.05) is 6.61 Å². The van der Waals surface area contributed by atoms with Gasteiger partial charge in [0, 0.05) is 28.6 Å². The highest BCUT2D eigenvalue weighted by Crippen LogP contribution is 2.20. The molecule has 0 aliphatic carbocycles. The van der Waals surface area contributed by atoms with E-state index in [-0.39, 0.29) is 0 Å². The number of hydrogen-bond donors (Lipinski definition) is 3. The summed E-state index contributed by atoms with van der Waals surface area (Å²) in [5, 5.41) is 0. The summed E-state index contributed by atoms with van der Waals surface area (Å²) in [5.74, 6) is 1.55. The third kappa shape index (κ3) is 3.93. The Morgan fingerprint density at radius 1 is 1.40 bits per heavy atom. The summed E-state index contributed by atoms with van der Waals surface area (Å²) in [7, 11) is 0. The van der Waals surface area contributed by atoms with Gasteiger partial charge in [-0.25, -0.2) is 4.99 Å². The first-order chi connectivity index (χ1) is 9.66. The number of allylic oxidation sites excluding steroid dienone is 1. The predicted molar refractivity (Wildman–Crippen MR) is 86.6 cm³/mol. The minimum Gasteiger partial charge on any atom is -0.488 e. The second-order valence-corrected chi connectivity index (χ2v) is 4.88. The molecule has 0 spiro atoms. The molecule has 104 valence electrons. The number of H-pyrrole nitrogens is 1. The zero-order valence-corrected chi connectivity index (χ0v) is 12.1. The number of thiol groups is 1. The molecule has 20 heavy (non-hydrogen) atoms. The molecule has 1 heterocycles. The van der Waals surface area contributed by atoms with Crippen LogP contribution in [0.2, 0.25) is 0 Å². The average Bonchev–Trinajstić information content (AvgIpc) is 2.92. The molecule has 0 aliphatic heterocycles. The second-order valence-electron chi connectivity index (χ2n) is 4.21. The number of aromatic amines is 1. The maximum Gasteiger partial charge on any atom is 0.130 e. The van der Waals surface area contributed by atoms with Gasteiger partial charge in [-0.1, -0.05) is 18.2 Å². The molecule has 0 aliphatic rings. The number of rotatable bonds is 5. The smallest absolute Gasteiger partial charge is 0.130 e. The fourth-order valence-electron chi connectivity index (χ4n) is 1.61. The van der Waals surface area contributed by atoms with Crippen LogP contribution in [0.5, 0.6) is 5.75 Å². The molecule has 0 saturated heterocycles. The monoisotopic (exact) mass is 287 g/mol. The molecule has 1 aromatic carbocycles. The van der Waals surface area contributed by atoms with E-state index in [1.807, 2.05) is 43.3 Å². The van der Waals surface area contributed by atoms with Gasteiger partial charge in [0.05, 0.1) is 0 Å². The molecule has 3 N–H and O–H groups in total. The molecule has 5 heteroatoms. The van der Waals surface area contributed by atoms with Crippen LogP contribution in [0.4, 0.5) is 5.82 Å². The van der Waals surface area contributed by atoms with Crippen molar-refractivity contribution in [1.29, 1.82) is 0 Å². The van der Waals surface area contributed by atoms with E-state index in [1.54, 1.807) is 12.4 Å². The number of nitrogens with zero attached hydrogens (tertiary/aromatic N) is 1. The van der Waals surface area contributed by atoms with E-state index in [2.05, 4.69) is 22.6 Å². The number of nitrogens with two attached hydrogens (primary N) is 1. The third-order valence-electron chi connectivity index (χ3n) is 2.67. The fraction of sp³-hybridized carbons (Fsp3) is 0.133. The van der Waals surface area contributed by atoms with Gasteiger partial charge in [0.2, 0.25) is 0 Å². The number of hydrogen-bond acceptors (Lipinski definition) is 4. The van der Waals surface area contributed by atoms with Crippen molar-refractivity contribution in [3.05, 3.63) is 53.1 Å². The van der Waals surface area contributed by atoms with E-state index in [4.69, 9.17) is 10.5 Å². The molecule has 2 aromatic rings. The van der Waals surface area contributed by atoms with Crippen LogP contribution >= 0.6 is 12.6 Å². The van der Waals surface area contributed by atoms with E-state index in [9.17, 15) is 0 Å². The lowest BCUT2D eigenvalue weighted by atomic mass is 10.2. The van der Waals surface area contributed by atoms with Crippen molar-refractivity contribution in [2.24, 2.45) is 10.7 Å². The van der Waals surface area contributed by atoms with E-state index >= 15 is 0 Å². The van der Waals surface area contributed by atoms with Crippen LogP contribution in [0.1, 0.15) is 12.5 Å². The third-order valence-corrected chi connectivity index (χ3v) is 2.91. The van der Waals surface area contributed by atoms with Gasteiger partial charge in [-0.2, -0.15) is 0 Å². The molecule has 4 nitrogen and oxygen atoms in total. The van der Waals surface area contributed by atoms with Crippen molar-refractivity contribution >= 4 is 30.4 Å². The van der Waals surface area contributed by atoms with Crippen LogP contribution in [0, 0.1) is 0 Å². The SMILES string of the molecule is C/C(S)=C(/N)c1c[nH]c(N=CCOc2ccccc2)c1. The first-order valence-electron chi connectivity index (χ1n) is 6.21. The molecule has 0 amide bonds. The molecule has 0 radical (unpaired) electrons. The maximum absolute atomic E-state index is 5.89. The largest absolute Gasteiger partial charge is 0.488 e. The van der Waals surface area contributed by atoms with Gasteiger partial charge in [-0.05, 0) is 25.1 Å². The van der Waals surface area contributed by atoms with Crippen LogP contribution < -0.4 is 10.5 Å². The van der Waals surface area contributed by atoms with Gasteiger partial charge in [0.1, 0.15) is 18.2 Å². The first-order valence-corrected chi connectivity index (χ1v) is 6.66. The normalized spacial score (nSPS) is 12.5. The average molecular weight is 287 g/mol. The van der Waals surface area contributed by atoms with E-state index in [0.717, 1.165) is 22.0 Å². The topological polar surface area (TPSA) is 63.4 Å². The summed E-state index contributed by atoms with van der Waals surface area (Å²) in [6.07, 6.45) is 3.51. The molecular formula is C15H17N3OS. The lowest BCUT2D eigenvalue weighted by Gasteiger charge is -2.00. The van der Waals surface area contributed by atoms with Crippen molar-refractivity contribution < 1.29 is 4.74 Å². The molecule has 0 fully saturated rings. The highest BCUT2D eigenvalue weighted by molar-refractivity contribution is 7.84. The molecule has 0 unspecified atom stereocenters. The van der Waals surface area contributed by atoms with E-state index in [1.165, 1.54) is 0 Å². The Labute approximate surface area is 123 Å². The molecule has 0 atom stereocenters. The lowest BCUT2D eigenvalue weighted by molar-refractivity contribution is 0.380. The lowest BCUT2D eigenvalue weighted by Crippen LogP contribution is -1.97. The summed E-state index contributed by atoms with van der Waals surface area (Å²) in [6, 6.07) is 11.5. The minimum atomic E-state index is 0.412. The van der Waals surface area contributed by atoms with Crippen molar-refractivity contribution in [1.82, 2.24) is 4.98 Å². The number of benzene rings is 1. The Kier molecular flexibility index (Phi) is 4.90. The van der Waals surface area contributed by atoms with Crippen LogP contribution in [0.3, 0.4) is 0 Å². The summed E-state index contributed by atoms with van der Waals surface area (Å²) >= 11 is 4.22. The van der Waals surface area contributed by atoms with Gasteiger partial charge >= 0.3 is 0 Å². The van der Waals surface area contributed by atoms with Crippen molar-refractivity contribution in [3.63, 3.8) is 0 Å². The Balaban J connectivity index is 1.91. The van der Waals surface area contributed by atoms with Gasteiger partial charge in [0.25, 0.3) is 0 Å². The zero-order chi connectivity index (χ0) is 14.4. The van der Waals surface area contributed by atoms with E-state index in [0.29, 0.717) is 12.3 Å². The van der Waals surface area contributed by atoms with E-state index < -0.39 is 0 Å². The van der Waals surface area contributed by atoms with Crippen molar-refractivity contribution in [2.45, 2.75) is 6.92 Å². The molecular weight excluding hydrogens is 270 g/mol. The second kappa shape index (κ2) is 6.86. The van der Waals surface area contributed by atoms with Crippen LogP contribution in [-0.4, -0.2) is 17.8 Å². The number of aromatic nitrogens is 1. The number of para-hydroxylation sites is 1. The Hall–Kier alpha value is -2.14. The molecule has 0 saturated carbocycles. The zero-order valence-electron chi connectivity index (χ0n) is 11.2. The molecule has 2 rings (SSSR count). The first kappa shape index (κ1) is 14.3. The van der Waals surface area contributed by atoms with Crippen LogP contribution in [0.15, 0.2) is 52.5 Å². The van der Waals surface area contributed by atoms with Gasteiger partial charge in [-0.3, -0.25) is 0 Å². The summed E-state index contributed by atoms with van der Waals surface area (Å²) in [4.78, 5) is 8.10. The Morgan fingerprint density at radius 3 is 2.85 bits per heavy atom. The fourth-order valence-corrected chi connectivity index (χ4v) is 1.74. The Morgan fingerprint density at radius 2 is 2.15 bits per heavy atom. The van der Waals surface area contributed by atoms with Gasteiger partial charge < -0.3 is 15.5 Å². The highest BCUT2D eigenvalue weighted by Gasteiger charge is 2.02. The van der Waals surface area contributed by atoms with Crippen LogP contribution in [-0.2, 0) is 0 Å². The quantitative estimate of drug-likeness (QED) is 0.583. The number of ether oxygens (including phenoxy) is 1. The number of aliphatic imine (C=N–C) groups is 1. The molecule has 0 bridgehead atoms. The summed E-state index contributed by atoms with van der Waals surface area (Å²) < 4.78 is 5.51. The highest BCUT2D eigenvalue weighted by atomic mass is 32.1.